The molecule has 2 N–H and O–H groups in total. The van der Waals surface area contributed by atoms with E-state index in [1.165, 1.54) is 0 Å². The molecule has 1 heterocycles. The molecule has 0 spiro atoms. The molecule has 4 nitrogen and oxygen atoms in total. The molecule has 0 aromatic heterocycles. The van der Waals surface area contributed by atoms with Crippen LogP contribution >= 0.6 is 0 Å². The van der Waals surface area contributed by atoms with Crippen molar-refractivity contribution in [3.8, 4) is 0 Å². The van der Waals surface area contributed by atoms with Crippen molar-refractivity contribution in [1.82, 2.24) is 9.80 Å². The van der Waals surface area contributed by atoms with E-state index in [1.807, 2.05) is 6.92 Å². The highest BCUT2D eigenvalue weighted by Crippen LogP contribution is 2.20. The average molecular weight is 283 g/mol. The third-order valence-corrected chi connectivity index (χ3v) is 4.52. The summed E-state index contributed by atoms with van der Waals surface area (Å²) in [5, 5.41) is 0. The molecule has 0 radical (unpaired) electrons. The van der Waals surface area contributed by atoms with Crippen molar-refractivity contribution in [2.24, 2.45) is 11.7 Å². The fraction of sp³-hybridized carbons (Fsp3) is 0.938. The third kappa shape index (κ3) is 5.06. The average Bonchev–Trinajstić information content (AvgIpc) is 2.88. The molecule has 1 fully saturated rings. The summed E-state index contributed by atoms with van der Waals surface area (Å²) in [6.07, 6.45) is 4.16. The first-order valence-corrected chi connectivity index (χ1v) is 8.27. The molecule has 1 rings (SSSR count). The molecule has 1 aliphatic heterocycles. The van der Waals surface area contributed by atoms with E-state index in [0.29, 0.717) is 11.9 Å². The van der Waals surface area contributed by atoms with Crippen molar-refractivity contribution in [3.05, 3.63) is 0 Å². The van der Waals surface area contributed by atoms with Gasteiger partial charge < -0.3 is 10.6 Å². The minimum atomic E-state index is 0.143. The van der Waals surface area contributed by atoms with E-state index >= 15 is 0 Å². The van der Waals surface area contributed by atoms with Gasteiger partial charge in [0, 0.05) is 31.1 Å². The number of nitrogens with zero attached hydrogens (tertiary/aromatic N) is 2. The van der Waals surface area contributed by atoms with E-state index in [9.17, 15) is 4.79 Å². The van der Waals surface area contributed by atoms with Crippen LogP contribution in [0.2, 0.25) is 0 Å². The molecular formula is C16H33N3O. The van der Waals surface area contributed by atoms with Gasteiger partial charge in [0.2, 0.25) is 5.91 Å². The number of hydrogen-bond acceptors (Lipinski definition) is 3. The van der Waals surface area contributed by atoms with E-state index in [4.69, 9.17) is 5.73 Å². The van der Waals surface area contributed by atoms with E-state index in [0.717, 1.165) is 51.9 Å². The first kappa shape index (κ1) is 17.4. The number of nitrogens with two attached hydrogens (primary N) is 1. The minimum absolute atomic E-state index is 0.143. The van der Waals surface area contributed by atoms with E-state index in [2.05, 4.69) is 30.6 Å². The van der Waals surface area contributed by atoms with Gasteiger partial charge in [-0.15, -0.1) is 0 Å². The molecule has 0 aliphatic carbocycles. The summed E-state index contributed by atoms with van der Waals surface area (Å²) in [4.78, 5) is 17.0. The zero-order valence-corrected chi connectivity index (χ0v) is 13.8. The fourth-order valence-corrected chi connectivity index (χ4v) is 3.16. The largest absolute Gasteiger partial charge is 0.341 e. The van der Waals surface area contributed by atoms with E-state index in [1.54, 1.807) is 0 Å². The maximum Gasteiger partial charge on any atom is 0.225 e. The standard InChI is InChI=1S/C16H33N3O/c1-5-18(6-2)15-10-11-19(12-15)16(20)13(3)8-7-9-14(4)17/h13-15H,5-12,17H2,1-4H3. The van der Waals surface area contributed by atoms with Gasteiger partial charge in [0.05, 0.1) is 0 Å². The van der Waals surface area contributed by atoms with Gasteiger partial charge in [0.1, 0.15) is 0 Å². The molecule has 3 unspecified atom stereocenters. The quantitative estimate of drug-likeness (QED) is 0.742. The highest BCUT2D eigenvalue weighted by molar-refractivity contribution is 5.78. The van der Waals surface area contributed by atoms with Crippen LogP contribution in [-0.2, 0) is 4.79 Å². The number of carbonyl (C=O) groups is 1. The number of amides is 1. The number of likely N-dealkylation sites (N-methyl/N-ethyl adjacent to an activating group) is 1. The zero-order chi connectivity index (χ0) is 15.1. The van der Waals surface area contributed by atoms with Crippen molar-refractivity contribution >= 4 is 5.91 Å². The lowest BCUT2D eigenvalue weighted by atomic mass is 10.0. The summed E-state index contributed by atoms with van der Waals surface area (Å²) in [6, 6.07) is 0.807. The molecule has 118 valence electrons. The lowest BCUT2D eigenvalue weighted by Crippen LogP contribution is -2.40. The maximum absolute atomic E-state index is 12.4. The van der Waals surface area contributed by atoms with Crippen molar-refractivity contribution in [3.63, 3.8) is 0 Å². The van der Waals surface area contributed by atoms with Crippen molar-refractivity contribution in [2.45, 2.75) is 65.5 Å². The third-order valence-electron chi connectivity index (χ3n) is 4.52. The molecule has 3 atom stereocenters. The van der Waals surface area contributed by atoms with Gasteiger partial charge >= 0.3 is 0 Å². The Bertz CT molecular complexity index is 289. The van der Waals surface area contributed by atoms with E-state index in [-0.39, 0.29) is 12.0 Å². The van der Waals surface area contributed by atoms with Gasteiger partial charge in [-0.05, 0) is 39.3 Å². The smallest absolute Gasteiger partial charge is 0.225 e. The minimum Gasteiger partial charge on any atom is -0.341 e. The molecule has 0 bridgehead atoms. The molecule has 0 aromatic rings. The summed E-state index contributed by atoms with van der Waals surface area (Å²) in [6.45, 7) is 12.5. The monoisotopic (exact) mass is 283 g/mol. The molecule has 4 heteroatoms. The predicted octanol–water partition coefficient (Wildman–Crippen LogP) is 2.08. The van der Waals surface area contributed by atoms with Gasteiger partial charge in [0.15, 0.2) is 0 Å². The first-order chi connectivity index (χ1) is 9.49. The number of likely N-dealkylation sites (tertiary alicyclic amines) is 1. The molecule has 1 amide bonds. The van der Waals surface area contributed by atoms with Crippen LogP contribution in [0.4, 0.5) is 0 Å². The molecule has 1 aliphatic rings. The predicted molar refractivity (Wildman–Crippen MR) is 84.6 cm³/mol. The van der Waals surface area contributed by atoms with Gasteiger partial charge in [0.25, 0.3) is 0 Å². The Morgan fingerprint density at radius 1 is 1.30 bits per heavy atom. The highest BCUT2D eigenvalue weighted by atomic mass is 16.2. The molecule has 0 saturated carbocycles. The molecule has 0 aromatic carbocycles. The second kappa shape index (κ2) is 8.63. The Morgan fingerprint density at radius 2 is 1.95 bits per heavy atom. The summed E-state index contributed by atoms with van der Waals surface area (Å²) < 4.78 is 0. The van der Waals surface area contributed by atoms with Crippen molar-refractivity contribution in [1.29, 1.82) is 0 Å². The van der Waals surface area contributed by atoms with Crippen LogP contribution < -0.4 is 5.73 Å². The number of rotatable bonds is 8. The van der Waals surface area contributed by atoms with Crippen LogP contribution in [0.1, 0.15) is 53.4 Å². The Hall–Kier alpha value is -0.610. The zero-order valence-electron chi connectivity index (χ0n) is 13.8. The van der Waals surface area contributed by atoms with Crippen molar-refractivity contribution in [2.75, 3.05) is 26.2 Å². The maximum atomic E-state index is 12.4. The van der Waals surface area contributed by atoms with Gasteiger partial charge in [-0.1, -0.05) is 27.2 Å². The lowest BCUT2D eigenvalue weighted by molar-refractivity contribution is -0.134. The van der Waals surface area contributed by atoms with Crippen LogP contribution in [0.15, 0.2) is 0 Å². The Balaban J connectivity index is 2.37. The van der Waals surface area contributed by atoms with Crippen LogP contribution in [0.5, 0.6) is 0 Å². The Labute approximate surface area is 124 Å². The fourth-order valence-electron chi connectivity index (χ4n) is 3.16. The van der Waals surface area contributed by atoms with Crippen LogP contribution in [0.3, 0.4) is 0 Å². The van der Waals surface area contributed by atoms with Crippen molar-refractivity contribution < 1.29 is 4.79 Å². The summed E-state index contributed by atoms with van der Waals surface area (Å²) in [5.41, 5.74) is 5.76. The van der Waals surface area contributed by atoms with Gasteiger partial charge in [-0.2, -0.15) is 0 Å². The SMILES string of the molecule is CCN(CC)C1CCN(C(=O)C(C)CCCC(C)N)C1. The number of carbonyl (C=O) groups excluding carboxylic acids is 1. The molecule has 1 saturated heterocycles. The van der Waals surface area contributed by atoms with Gasteiger partial charge in [-0.3, -0.25) is 9.69 Å². The normalized spacial score (nSPS) is 22.3. The van der Waals surface area contributed by atoms with Gasteiger partial charge in [-0.25, -0.2) is 0 Å². The topological polar surface area (TPSA) is 49.6 Å². The highest BCUT2D eigenvalue weighted by Gasteiger charge is 2.30. The first-order valence-electron chi connectivity index (χ1n) is 8.27. The second-order valence-electron chi connectivity index (χ2n) is 6.26. The van der Waals surface area contributed by atoms with E-state index < -0.39 is 0 Å². The molecule has 20 heavy (non-hydrogen) atoms. The lowest BCUT2D eigenvalue weighted by Gasteiger charge is -2.27. The molecular weight excluding hydrogens is 250 g/mol. The summed E-state index contributed by atoms with van der Waals surface area (Å²) >= 11 is 0. The Kier molecular flexibility index (Phi) is 7.52. The van der Waals surface area contributed by atoms with Crippen LogP contribution in [-0.4, -0.2) is 54.0 Å². The van der Waals surface area contributed by atoms with Crippen LogP contribution in [0.25, 0.3) is 0 Å². The number of hydrogen-bond donors (Lipinski definition) is 1. The summed E-state index contributed by atoms with van der Waals surface area (Å²) in [5.74, 6) is 0.480. The second-order valence-corrected chi connectivity index (χ2v) is 6.26. The van der Waals surface area contributed by atoms with Crippen LogP contribution in [0, 0.1) is 5.92 Å². The summed E-state index contributed by atoms with van der Waals surface area (Å²) in [7, 11) is 0. The Morgan fingerprint density at radius 3 is 2.50 bits per heavy atom.